The van der Waals surface area contributed by atoms with Crippen LogP contribution >= 0.6 is 34.3 Å². The molecule has 0 N–H and O–H groups in total. The Kier molecular flexibility index (Phi) is 5.08. The van der Waals surface area contributed by atoms with Gasteiger partial charge in [0.1, 0.15) is 9.88 Å². The van der Waals surface area contributed by atoms with E-state index in [4.69, 9.17) is 16.3 Å². The molecule has 3 aromatic rings. The van der Waals surface area contributed by atoms with E-state index >= 15 is 0 Å². The Balaban J connectivity index is 1.69. The third-order valence-electron chi connectivity index (χ3n) is 3.19. The third-order valence-corrected chi connectivity index (χ3v) is 5.64. The Labute approximate surface area is 151 Å². The van der Waals surface area contributed by atoms with Gasteiger partial charge in [-0.3, -0.25) is 4.79 Å². The van der Waals surface area contributed by atoms with Crippen LogP contribution < -0.4 is 0 Å². The van der Waals surface area contributed by atoms with Crippen molar-refractivity contribution < 1.29 is 14.3 Å². The van der Waals surface area contributed by atoms with Crippen LogP contribution in [0.25, 0.3) is 10.6 Å². The average Bonchev–Trinajstić information content (AvgIpc) is 3.19. The first-order valence-corrected chi connectivity index (χ1v) is 9.04. The molecular formula is C17H12ClNO3S2. The number of benzene rings is 1. The molecule has 0 aliphatic rings. The van der Waals surface area contributed by atoms with Crippen LogP contribution in [0.1, 0.15) is 25.0 Å². The number of carbonyl (C=O) groups excluding carboxylic acids is 2. The van der Waals surface area contributed by atoms with E-state index in [2.05, 4.69) is 4.98 Å². The van der Waals surface area contributed by atoms with Gasteiger partial charge in [-0.05, 0) is 19.1 Å². The number of esters is 1. The minimum atomic E-state index is -0.539. The fourth-order valence-electron chi connectivity index (χ4n) is 2.02. The van der Waals surface area contributed by atoms with E-state index in [0.29, 0.717) is 19.8 Å². The molecule has 0 fully saturated rings. The molecular weight excluding hydrogens is 366 g/mol. The molecule has 7 heteroatoms. The molecule has 122 valence electrons. The molecule has 2 heterocycles. The predicted octanol–water partition coefficient (Wildman–Crippen LogP) is 4.87. The van der Waals surface area contributed by atoms with E-state index in [1.54, 1.807) is 19.1 Å². The highest BCUT2D eigenvalue weighted by atomic mass is 35.5. The van der Waals surface area contributed by atoms with Crippen molar-refractivity contribution in [3.63, 3.8) is 0 Å². The number of thiophene rings is 1. The maximum absolute atomic E-state index is 12.2. The van der Waals surface area contributed by atoms with E-state index in [-0.39, 0.29) is 12.4 Å². The van der Waals surface area contributed by atoms with Crippen LogP contribution in [0.15, 0.2) is 42.5 Å². The number of ketones is 1. The molecule has 24 heavy (non-hydrogen) atoms. The average molecular weight is 378 g/mol. The van der Waals surface area contributed by atoms with Gasteiger partial charge < -0.3 is 4.74 Å². The van der Waals surface area contributed by atoms with Crippen LogP contribution in [0, 0.1) is 6.92 Å². The molecule has 0 bridgehead atoms. The van der Waals surface area contributed by atoms with Crippen molar-refractivity contribution in [2.24, 2.45) is 0 Å². The normalized spacial score (nSPS) is 10.6. The van der Waals surface area contributed by atoms with Gasteiger partial charge in [0.15, 0.2) is 6.61 Å². The Morgan fingerprint density at radius 2 is 1.88 bits per heavy atom. The number of halogens is 1. The first-order valence-electron chi connectivity index (χ1n) is 7.03. The quantitative estimate of drug-likeness (QED) is 0.470. The maximum Gasteiger partial charge on any atom is 0.350 e. The van der Waals surface area contributed by atoms with Gasteiger partial charge in [0.05, 0.1) is 14.9 Å². The number of aromatic nitrogens is 1. The lowest BCUT2D eigenvalue weighted by molar-refractivity contribution is 0.0479. The second kappa shape index (κ2) is 7.25. The minimum Gasteiger partial charge on any atom is -0.453 e. The molecule has 4 nitrogen and oxygen atoms in total. The molecule has 0 radical (unpaired) electrons. The zero-order valence-electron chi connectivity index (χ0n) is 12.6. The Morgan fingerprint density at radius 1 is 1.12 bits per heavy atom. The van der Waals surface area contributed by atoms with Crippen molar-refractivity contribution in [1.82, 2.24) is 4.98 Å². The second-order valence-corrected chi connectivity index (χ2v) is 7.62. The number of aryl methyl sites for hydroxylation is 1. The lowest BCUT2D eigenvalue weighted by Crippen LogP contribution is -2.13. The van der Waals surface area contributed by atoms with Crippen molar-refractivity contribution >= 4 is 46.0 Å². The maximum atomic E-state index is 12.2. The number of hydrogen-bond donors (Lipinski definition) is 0. The molecule has 0 amide bonds. The molecule has 0 aliphatic carbocycles. The van der Waals surface area contributed by atoms with Crippen molar-refractivity contribution in [1.29, 1.82) is 0 Å². The summed E-state index contributed by atoms with van der Waals surface area (Å²) in [5.41, 5.74) is 1.53. The molecule has 2 aromatic heterocycles. The number of hydrogen-bond acceptors (Lipinski definition) is 6. The summed E-state index contributed by atoms with van der Waals surface area (Å²) in [6, 6.07) is 12.9. The molecule has 1 aromatic carbocycles. The number of ether oxygens (including phenoxy) is 1. The summed E-state index contributed by atoms with van der Waals surface area (Å²) in [4.78, 5) is 29.5. The Hall–Kier alpha value is -2.02. The molecule has 0 saturated heterocycles. The molecule has 0 aliphatic heterocycles. The topological polar surface area (TPSA) is 56.3 Å². The van der Waals surface area contributed by atoms with Gasteiger partial charge in [0.25, 0.3) is 0 Å². The monoisotopic (exact) mass is 377 g/mol. The fraction of sp³-hybridized carbons (Fsp3) is 0.118. The summed E-state index contributed by atoms with van der Waals surface area (Å²) in [6.45, 7) is 1.44. The zero-order valence-corrected chi connectivity index (χ0v) is 15.0. The lowest BCUT2D eigenvalue weighted by atomic mass is 10.2. The minimum absolute atomic E-state index is 0.272. The van der Waals surface area contributed by atoms with Crippen LogP contribution in [0.4, 0.5) is 0 Å². The van der Waals surface area contributed by atoms with E-state index in [1.807, 2.05) is 30.3 Å². The Bertz CT molecular complexity index is 886. The summed E-state index contributed by atoms with van der Waals surface area (Å²) >= 11 is 8.22. The van der Waals surface area contributed by atoms with Gasteiger partial charge in [0, 0.05) is 5.56 Å². The van der Waals surface area contributed by atoms with Crippen LogP contribution in [0.2, 0.25) is 4.34 Å². The van der Waals surface area contributed by atoms with E-state index in [1.165, 1.54) is 11.3 Å². The summed E-state index contributed by atoms with van der Waals surface area (Å²) in [5, 5.41) is 0.747. The fourth-order valence-corrected chi connectivity index (χ4v) is 3.95. The number of thiazole rings is 1. The van der Waals surface area contributed by atoms with E-state index < -0.39 is 5.97 Å². The van der Waals surface area contributed by atoms with Crippen LogP contribution in [0.5, 0.6) is 0 Å². The highest BCUT2D eigenvalue weighted by Gasteiger charge is 2.19. The standard InChI is InChI=1S/C17H12ClNO3S2/c1-10-15(24-16(19-10)11-5-3-2-4-6-11)17(21)22-9-12(20)13-7-8-14(18)23-13/h2-8H,9H2,1H3. The smallest absolute Gasteiger partial charge is 0.350 e. The van der Waals surface area contributed by atoms with Crippen molar-refractivity contribution in [3.8, 4) is 10.6 Å². The lowest BCUT2D eigenvalue weighted by Gasteiger charge is -2.01. The first kappa shape index (κ1) is 16.8. The zero-order chi connectivity index (χ0) is 17.1. The number of rotatable bonds is 5. The molecule has 0 unspecified atom stereocenters. The van der Waals surface area contributed by atoms with E-state index in [0.717, 1.165) is 21.9 Å². The number of carbonyl (C=O) groups is 2. The van der Waals surface area contributed by atoms with Gasteiger partial charge in [-0.2, -0.15) is 0 Å². The SMILES string of the molecule is Cc1nc(-c2ccccc2)sc1C(=O)OCC(=O)c1ccc(Cl)s1. The molecule has 0 saturated carbocycles. The van der Waals surface area contributed by atoms with Crippen LogP contribution in [-0.4, -0.2) is 23.3 Å². The van der Waals surface area contributed by atoms with Crippen LogP contribution in [-0.2, 0) is 4.74 Å². The Morgan fingerprint density at radius 3 is 2.54 bits per heavy atom. The third kappa shape index (κ3) is 3.72. The molecule has 0 spiro atoms. The second-order valence-electron chi connectivity index (χ2n) is 4.90. The highest BCUT2D eigenvalue weighted by molar-refractivity contribution is 7.18. The molecule has 0 atom stereocenters. The summed E-state index contributed by atoms with van der Waals surface area (Å²) in [7, 11) is 0. The van der Waals surface area contributed by atoms with Gasteiger partial charge in [-0.15, -0.1) is 22.7 Å². The summed E-state index contributed by atoms with van der Waals surface area (Å²) in [6.07, 6.45) is 0. The number of nitrogens with zero attached hydrogens (tertiary/aromatic N) is 1. The summed E-state index contributed by atoms with van der Waals surface area (Å²) < 4.78 is 5.65. The largest absolute Gasteiger partial charge is 0.453 e. The molecule has 3 rings (SSSR count). The van der Waals surface area contributed by atoms with Gasteiger partial charge in [-0.25, -0.2) is 9.78 Å². The van der Waals surface area contributed by atoms with Crippen molar-refractivity contribution in [3.05, 3.63) is 62.2 Å². The van der Waals surface area contributed by atoms with Crippen LogP contribution in [0.3, 0.4) is 0 Å². The van der Waals surface area contributed by atoms with Crippen molar-refractivity contribution in [2.45, 2.75) is 6.92 Å². The van der Waals surface area contributed by atoms with Gasteiger partial charge in [-0.1, -0.05) is 41.9 Å². The van der Waals surface area contributed by atoms with Gasteiger partial charge >= 0.3 is 5.97 Å². The highest BCUT2D eigenvalue weighted by Crippen LogP contribution is 2.28. The van der Waals surface area contributed by atoms with Crippen molar-refractivity contribution in [2.75, 3.05) is 6.61 Å². The first-order chi connectivity index (χ1) is 11.5. The van der Waals surface area contributed by atoms with E-state index in [9.17, 15) is 9.59 Å². The number of Topliss-reactive ketones (excluding diaryl/α,β-unsaturated/α-hetero) is 1. The van der Waals surface area contributed by atoms with Gasteiger partial charge in [0.2, 0.25) is 5.78 Å². The summed E-state index contributed by atoms with van der Waals surface area (Å²) in [5.74, 6) is -0.811. The predicted molar refractivity (Wildman–Crippen MR) is 96.2 cm³/mol.